The van der Waals surface area contributed by atoms with Crippen molar-refractivity contribution in [2.45, 2.75) is 31.8 Å². The molecule has 0 spiro atoms. The first-order chi connectivity index (χ1) is 8.02. The minimum absolute atomic E-state index is 0.189. The lowest BCUT2D eigenvalue weighted by molar-refractivity contribution is -0.0152. The number of nitrogens with two attached hydrogens (primary N) is 1. The van der Waals surface area contributed by atoms with Crippen LogP contribution in [-0.4, -0.2) is 33.4 Å². The predicted molar refractivity (Wildman–Crippen MR) is 59.6 cm³/mol. The van der Waals surface area contributed by atoms with Gasteiger partial charge in [0.25, 0.3) is 5.56 Å². The van der Waals surface area contributed by atoms with Crippen LogP contribution in [0.15, 0.2) is 15.8 Å². The van der Waals surface area contributed by atoms with Crippen LogP contribution in [0.3, 0.4) is 0 Å². The molecular weight excluding hydrogens is 226 g/mol. The Labute approximate surface area is 96.8 Å². The lowest BCUT2D eigenvalue weighted by Crippen LogP contribution is -2.33. The highest BCUT2D eigenvalue weighted by molar-refractivity contribution is 5.02. The molecule has 0 aromatic carbocycles. The summed E-state index contributed by atoms with van der Waals surface area (Å²) in [7, 11) is 0. The zero-order valence-corrected chi connectivity index (χ0v) is 9.42. The molecule has 3 atom stereocenters. The summed E-state index contributed by atoms with van der Waals surface area (Å²) >= 11 is 0. The van der Waals surface area contributed by atoms with Crippen molar-refractivity contribution in [3.05, 3.63) is 32.6 Å². The Morgan fingerprint density at radius 3 is 2.94 bits per heavy atom. The highest BCUT2D eigenvalue weighted by Crippen LogP contribution is 2.26. The summed E-state index contributed by atoms with van der Waals surface area (Å²) in [5.41, 5.74) is 4.88. The van der Waals surface area contributed by atoms with Crippen LogP contribution < -0.4 is 17.0 Å². The number of ether oxygens (including phenoxy) is 1. The highest BCUT2D eigenvalue weighted by Gasteiger charge is 2.34. The fourth-order valence-corrected chi connectivity index (χ4v) is 1.90. The van der Waals surface area contributed by atoms with Crippen molar-refractivity contribution in [1.29, 1.82) is 0 Å². The van der Waals surface area contributed by atoms with Crippen molar-refractivity contribution >= 4 is 0 Å². The molecule has 2 heterocycles. The van der Waals surface area contributed by atoms with Crippen LogP contribution in [0.4, 0.5) is 0 Å². The van der Waals surface area contributed by atoms with Gasteiger partial charge in [-0.05, 0) is 6.92 Å². The Bertz CT molecular complexity index is 521. The smallest absolute Gasteiger partial charge is 0.330 e. The van der Waals surface area contributed by atoms with Crippen molar-refractivity contribution in [2.75, 3.05) is 6.54 Å². The first kappa shape index (κ1) is 12.0. The molecule has 1 unspecified atom stereocenters. The van der Waals surface area contributed by atoms with Gasteiger partial charge in [-0.3, -0.25) is 14.3 Å². The number of aliphatic hydroxyl groups is 1. The fourth-order valence-electron chi connectivity index (χ4n) is 1.90. The van der Waals surface area contributed by atoms with Crippen LogP contribution in [0.25, 0.3) is 0 Å². The van der Waals surface area contributed by atoms with E-state index in [-0.39, 0.29) is 13.0 Å². The number of hydrogen-bond donors (Lipinski definition) is 3. The van der Waals surface area contributed by atoms with Gasteiger partial charge in [0.1, 0.15) is 6.23 Å². The zero-order valence-electron chi connectivity index (χ0n) is 9.42. The molecular formula is C10H15N3O4. The quantitative estimate of drug-likeness (QED) is 0.580. The van der Waals surface area contributed by atoms with Crippen molar-refractivity contribution in [3.8, 4) is 0 Å². The summed E-state index contributed by atoms with van der Waals surface area (Å²) in [5, 5.41) is 9.64. The summed E-state index contributed by atoms with van der Waals surface area (Å²) in [6.45, 7) is 1.79. The highest BCUT2D eigenvalue weighted by atomic mass is 16.5. The molecule has 1 aliphatic heterocycles. The molecule has 1 aliphatic rings. The molecule has 2 rings (SSSR count). The Morgan fingerprint density at radius 1 is 1.65 bits per heavy atom. The van der Waals surface area contributed by atoms with Gasteiger partial charge in [0, 0.05) is 24.7 Å². The number of nitrogens with one attached hydrogen (secondary N) is 1. The van der Waals surface area contributed by atoms with Gasteiger partial charge >= 0.3 is 5.69 Å². The third-order valence-electron chi connectivity index (χ3n) is 2.89. The first-order valence-electron chi connectivity index (χ1n) is 5.38. The number of aliphatic hydroxyl groups excluding tert-OH is 1. The van der Waals surface area contributed by atoms with Crippen LogP contribution in [0.1, 0.15) is 18.2 Å². The number of nitrogens with zero attached hydrogens (tertiary/aromatic N) is 1. The number of aromatic nitrogens is 2. The van der Waals surface area contributed by atoms with Gasteiger partial charge in [0.05, 0.1) is 12.2 Å². The second-order valence-electron chi connectivity index (χ2n) is 4.15. The van der Waals surface area contributed by atoms with Crippen LogP contribution in [0, 0.1) is 6.92 Å². The maximum Gasteiger partial charge on any atom is 0.330 e. The largest absolute Gasteiger partial charge is 0.390 e. The summed E-state index contributed by atoms with van der Waals surface area (Å²) in [4.78, 5) is 25.0. The van der Waals surface area contributed by atoms with E-state index in [0.717, 1.165) is 0 Å². The van der Waals surface area contributed by atoms with Gasteiger partial charge < -0.3 is 15.6 Å². The number of rotatable bonds is 2. The van der Waals surface area contributed by atoms with Crippen LogP contribution in [-0.2, 0) is 4.74 Å². The van der Waals surface area contributed by atoms with Crippen molar-refractivity contribution in [3.63, 3.8) is 0 Å². The molecule has 1 aromatic heterocycles. The number of H-pyrrole nitrogens is 1. The zero-order chi connectivity index (χ0) is 12.6. The predicted octanol–water partition coefficient (Wildman–Crippen LogP) is -1.55. The van der Waals surface area contributed by atoms with Crippen LogP contribution >= 0.6 is 0 Å². The molecule has 0 saturated carbocycles. The minimum atomic E-state index is -0.691. The van der Waals surface area contributed by atoms with E-state index in [9.17, 15) is 14.7 Å². The molecule has 0 aliphatic carbocycles. The van der Waals surface area contributed by atoms with Crippen molar-refractivity contribution in [2.24, 2.45) is 5.73 Å². The molecule has 1 fully saturated rings. The average molecular weight is 241 g/mol. The maximum atomic E-state index is 11.6. The van der Waals surface area contributed by atoms with Crippen molar-refractivity contribution < 1.29 is 9.84 Å². The monoisotopic (exact) mass is 241 g/mol. The summed E-state index contributed by atoms with van der Waals surface area (Å²) < 4.78 is 6.72. The maximum absolute atomic E-state index is 11.6. The van der Waals surface area contributed by atoms with E-state index in [1.807, 2.05) is 0 Å². The number of aryl methyl sites for hydroxylation is 1. The Morgan fingerprint density at radius 2 is 2.35 bits per heavy atom. The lowest BCUT2D eigenvalue weighted by Gasteiger charge is -2.14. The molecule has 4 N–H and O–H groups in total. The summed E-state index contributed by atoms with van der Waals surface area (Å²) in [5.74, 6) is 0. The second-order valence-corrected chi connectivity index (χ2v) is 4.15. The number of aromatic amines is 1. The standard InChI is InChI=1S/C10H15N3O4/c1-5-4-13(10(16)12-9(5)15)8-2-6(14)7(3-11)17-8/h4,6-8,14H,2-3,11H2,1H3,(H,12,15,16)/t6-,7?,8-/m1/s1. The molecule has 1 saturated heterocycles. The second kappa shape index (κ2) is 4.44. The van der Waals surface area contributed by atoms with Gasteiger partial charge in [-0.2, -0.15) is 0 Å². The average Bonchev–Trinajstić information content (AvgIpc) is 2.65. The van der Waals surface area contributed by atoms with Gasteiger partial charge in [-0.15, -0.1) is 0 Å². The van der Waals surface area contributed by atoms with Crippen LogP contribution in [0.2, 0.25) is 0 Å². The number of hydrogen-bond acceptors (Lipinski definition) is 5. The molecule has 0 radical (unpaired) electrons. The summed E-state index contributed by atoms with van der Waals surface area (Å²) in [6, 6.07) is 0. The molecule has 1 aromatic rings. The van der Waals surface area contributed by atoms with E-state index in [4.69, 9.17) is 10.5 Å². The molecule has 7 nitrogen and oxygen atoms in total. The minimum Gasteiger partial charge on any atom is -0.390 e. The van der Waals surface area contributed by atoms with Gasteiger partial charge in [0.2, 0.25) is 0 Å². The Hall–Kier alpha value is -1.44. The SMILES string of the molecule is Cc1cn([C@H]2C[C@@H](O)C(CN)O2)c(=O)[nH]c1=O. The van der Waals surface area contributed by atoms with E-state index in [2.05, 4.69) is 4.98 Å². The topological polar surface area (TPSA) is 110 Å². The fraction of sp³-hybridized carbons (Fsp3) is 0.600. The van der Waals surface area contributed by atoms with Crippen molar-refractivity contribution in [1.82, 2.24) is 9.55 Å². The molecule has 17 heavy (non-hydrogen) atoms. The molecule has 94 valence electrons. The van der Waals surface area contributed by atoms with Gasteiger partial charge in [-0.1, -0.05) is 0 Å². The summed E-state index contributed by atoms with van der Waals surface area (Å²) in [6.07, 6.45) is -0.0325. The van der Waals surface area contributed by atoms with E-state index in [1.54, 1.807) is 6.92 Å². The van der Waals surface area contributed by atoms with Crippen LogP contribution in [0.5, 0.6) is 0 Å². The van der Waals surface area contributed by atoms with E-state index >= 15 is 0 Å². The van der Waals surface area contributed by atoms with E-state index in [1.165, 1.54) is 10.8 Å². The Kier molecular flexibility index (Phi) is 3.14. The van der Waals surface area contributed by atoms with E-state index < -0.39 is 29.7 Å². The Balaban J connectivity index is 2.34. The third-order valence-corrected chi connectivity index (χ3v) is 2.89. The third kappa shape index (κ3) is 2.17. The van der Waals surface area contributed by atoms with Gasteiger partial charge in [0.15, 0.2) is 0 Å². The lowest BCUT2D eigenvalue weighted by atomic mass is 10.2. The van der Waals surface area contributed by atoms with E-state index in [0.29, 0.717) is 5.56 Å². The molecule has 0 bridgehead atoms. The normalized spacial score (nSPS) is 28.5. The molecule has 0 amide bonds. The first-order valence-corrected chi connectivity index (χ1v) is 5.38. The van der Waals surface area contributed by atoms with Gasteiger partial charge in [-0.25, -0.2) is 4.79 Å². The molecule has 7 heteroatoms.